The van der Waals surface area contributed by atoms with Crippen molar-refractivity contribution in [3.63, 3.8) is 0 Å². The molecule has 206 valence electrons. The highest BCUT2D eigenvalue weighted by molar-refractivity contribution is 5.57. The summed E-state index contributed by atoms with van der Waals surface area (Å²) in [5, 5.41) is 21.2. The smallest absolute Gasteiger partial charge is 0.162 e. The lowest BCUT2D eigenvalue weighted by atomic mass is 10.1. The van der Waals surface area contributed by atoms with Crippen LogP contribution < -0.4 is 14.2 Å². The van der Waals surface area contributed by atoms with E-state index in [1.54, 1.807) is 18.2 Å². The van der Waals surface area contributed by atoms with Gasteiger partial charge in [-0.15, -0.1) is 0 Å². The minimum atomic E-state index is 0.0819. The van der Waals surface area contributed by atoms with E-state index in [-0.39, 0.29) is 11.5 Å². The van der Waals surface area contributed by atoms with Crippen molar-refractivity contribution < 1.29 is 24.4 Å². The third-order valence-corrected chi connectivity index (χ3v) is 6.50. The van der Waals surface area contributed by atoms with E-state index < -0.39 is 0 Å². The molecule has 0 saturated heterocycles. The van der Waals surface area contributed by atoms with E-state index in [0.717, 1.165) is 22.3 Å². The molecule has 5 rings (SSSR count). The number of benzene rings is 5. The Labute approximate surface area is 240 Å². The van der Waals surface area contributed by atoms with Crippen LogP contribution in [-0.2, 0) is 26.2 Å². The molecule has 0 saturated carbocycles. The van der Waals surface area contributed by atoms with E-state index >= 15 is 0 Å². The minimum Gasteiger partial charge on any atom is -0.507 e. The maximum Gasteiger partial charge on any atom is 0.162 e. The Kier molecular flexibility index (Phi) is 9.20. The first-order chi connectivity index (χ1) is 20.1. The largest absolute Gasteiger partial charge is 0.507 e. The van der Waals surface area contributed by atoms with Crippen LogP contribution in [0.4, 0.5) is 0 Å². The Bertz CT molecular complexity index is 1560. The molecular weight excluding hydrogens is 512 g/mol. The average molecular weight is 545 g/mol. The van der Waals surface area contributed by atoms with Crippen LogP contribution in [0.2, 0.25) is 0 Å². The van der Waals surface area contributed by atoms with Gasteiger partial charge in [0.2, 0.25) is 0 Å². The van der Waals surface area contributed by atoms with Gasteiger partial charge in [-0.2, -0.15) is 0 Å². The van der Waals surface area contributed by atoms with Gasteiger partial charge in [-0.25, -0.2) is 0 Å². The topological polar surface area (TPSA) is 68.2 Å². The van der Waals surface area contributed by atoms with Gasteiger partial charge in [-0.1, -0.05) is 109 Å². The van der Waals surface area contributed by atoms with Crippen molar-refractivity contribution in [1.29, 1.82) is 0 Å². The summed E-state index contributed by atoms with van der Waals surface area (Å²) in [4.78, 5) is 0. The van der Waals surface area contributed by atoms with Gasteiger partial charge >= 0.3 is 0 Å². The summed E-state index contributed by atoms with van der Waals surface area (Å²) in [7, 11) is 0. The molecule has 5 heteroatoms. The third kappa shape index (κ3) is 7.93. The second-order valence-electron chi connectivity index (χ2n) is 9.58. The third-order valence-electron chi connectivity index (χ3n) is 6.50. The molecule has 0 unspecified atom stereocenters. The zero-order valence-corrected chi connectivity index (χ0v) is 22.6. The summed E-state index contributed by atoms with van der Waals surface area (Å²) < 4.78 is 18.0. The van der Waals surface area contributed by atoms with Crippen LogP contribution in [0.5, 0.6) is 28.7 Å². The van der Waals surface area contributed by atoms with E-state index in [0.29, 0.717) is 49.1 Å². The van der Waals surface area contributed by atoms with E-state index in [9.17, 15) is 10.2 Å². The van der Waals surface area contributed by atoms with Crippen molar-refractivity contribution in [3.05, 3.63) is 155 Å². The molecule has 5 nitrogen and oxygen atoms in total. The molecule has 0 aliphatic heterocycles. The lowest BCUT2D eigenvalue weighted by Crippen LogP contribution is -2.01. The second-order valence-corrected chi connectivity index (χ2v) is 9.58. The maximum atomic E-state index is 11.0. The Balaban J connectivity index is 1.31. The van der Waals surface area contributed by atoms with Gasteiger partial charge < -0.3 is 24.4 Å². The highest BCUT2D eigenvalue weighted by Crippen LogP contribution is 2.35. The Morgan fingerprint density at radius 3 is 1.63 bits per heavy atom. The molecule has 5 aromatic carbocycles. The number of aromatic hydroxyl groups is 2. The molecule has 0 atom stereocenters. The van der Waals surface area contributed by atoms with Gasteiger partial charge in [0.25, 0.3) is 0 Å². The van der Waals surface area contributed by atoms with Crippen molar-refractivity contribution in [2.24, 2.45) is 0 Å². The highest BCUT2D eigenvalue weighted by atomic mass is 16.5. The highest BCUT2D eigenvalue weighted by Gasteiger charge is 2.13. The fourth-order valence-electron chi connectivity index (χ4n) is 4.30. The molecule has 0 aliphatic rings. The number of phenols is 2. The predicted octanol–water partition coefficient (Wildman–Crippen LogP) is 8.09. The van der Waals surface area contributed by atoms with E-state index in [2.05, 4.69) is 0 Å². The van der Waals surface area contributed by atoms with Crippen LogP contribution in [0.15, 0.2) is 127 Å². The molecule has 0 aromatic heterocycles. The number of hydrogen-bond acceptors (Lipinski definition) is 5. The van der Waals surface area contributed by atoms with Crippen molar-refractivity contribution >= 4 is 6.08 Å². The normalized spacial score (nSPS) is 10.9. The molecule has 0 aliphatic carbocycles. The van der Waals surface area contributed by atoms with Crippen LogP contribution in [0.1, 0.15) is 27.8 Å². The molecule has 0 bridgehead atoms. The first-order valence-electron chi connectivity index (χ1n) is 13.5. The average Bonchev–Trinajstić information content (AvgIpc) is 3.01. The van der Waals surface area contributed by atoms with Gasteiger partial charge in [0.05, 0.1) is 0 Å². The number of phenolic OH excluding ortho intramolecular Hbond substituents is 2. The summed E-state index contributed by atoms with van der Waals surface area (Å²) in [6.07, 6.45) is 4.30. The van der Waals surface area contributed by atoms with Crippen LogP contribution in [0.3, 0.4) is 0 Å². The molecule has 2 N–H and O–H groups in total. The summed E-state index contributed by atoms with van der Waals surface area (Å²) >= 11 is 0. The molecule has 0 spiro atoms. The summed E-state index contributed by atoms with van der Waals surface area (Å²) in [6.45, 7) is 1.10. The van der Waals surface area contributed by atoms with Gasteiger partial charge in [0.1, 0.15) is 37.1 Å². The maximum absolute atomic E-state index is 11.0. The Morgan fingerprint density at radius 1 is 0.512 bits per heavy atom. The van der Waals surface area contributed by atoms with Gasteiger partial charge in [0.15, 0.2) is 11.5 Å². The lowest BCUT2D eigenvalue weighted by molar-refractivity contribution is 0.284. The van der Waals surface area contributed by atoms with Crippen LogP contribution in [0, 0.1) is 0 Å². The molecule has 0 radical (unpaired) electrons. The molecule has 41 heavy (non-hydrogen) atoms. The molecule has 0 amide bonds. The van der Waals surface area contributed by atoms with E-state index in [1.165, 1.54) is 0 Å². The van der Waals surface area contributed by atoms with Crippen molar-refractivity contribution in [1.82, 2.24) is 0 Å². The quantitative estimate of drug-likeness (QED) is 0.166. The first kappa shape index (κ1) is 27.4. The number of rotatable bonds is 12. The monoisotopic (exact) mass is 544 g/mol. The summed E-state index contributed by atoms with van der Waals surface area (Å²) in [5.74, 6) is 1.67. The van der Waals surface area contributed by atoms with Gasteiger partial charge in [-0.05, 0) is 40.8 Å². The number of allylic oxidation sites excluding steroid dienone is 1. The lowest BCUT2D eigenvalue weighted by Gasteiger charge is -2.15. The zero-order valence-electron chi connectivity index (χ0n) is 22.6. The fourth-order valence-corrected chi connectivity index (χ4v) is 4.30. The fraction of sp³-hybridized carbons (Fsp3) is 0.111. The second kappa shape index (κ2) is 13.8. The van der Waals surface area contributed by atoms with Crippen LogP contribution in [0.25, 0.3) is 6.08 Å². The molecule has 0 fully saturated rings. The number of ether oxygens (including phenoxy) is 3. The Hall–Kier alpha value is -5.16. The summed E-state index contributed by atoms with van der Waals surface area (Å²) in [5.41, 5.74) is 4.59. The van der Waals surface area contributed by atoms with Gasteiger partial charge in [-0.3, -0.25) is 0 Å². The zero-order chi connectivity index (χ0) is 28.3. The van der Waals surface area contributed by atoms with Crippen molar-refractivity contribution in [2.45, 2.75) is 26.2 Å². The molecule has 5 aromatic rings. The van der Waals surface area contributed by atoms with Crippen molar-refractivity contribution in [3.8, 4) is 28.7 Å². The standard InChI is InChI=1S/C36H32O5/c37-33-20-19-27(21-36(33)41-26-30-15-8-3-9-16-30)17-10-18-32-34(38)22-31(39-24-28-11-4-1-5-12-28)23-35(32)40-25-29-13-6-2-7-14-29/h1-17,19-23,37-38H,18,24-26H2/b17-10+. The van der Waals surface area contributed by atoms with Crippen LogP contribution >= 0.6 is 0 Å². The predicted molar refractivity (Wildman–Crippen MR) is 161 cm³/mol. The molecule has 0 heterocycles. The molecular formula is C36H32O5. The van der Waals surface area contributed by atoms with E-state index in [4.69, 9.17) is 14.2 Å². The van der Waals surface area contributed by atoms with Gasteiger partial charge in [0, 0.05) is 17.7 Å². The van der Waals surface area contributed by atoms with Crippen molar-refractivity contribution in [2.75, 3.05) is 0 Å². The summed E-state index contributed by atoms with van der Waals surface area (Å²) in [6, 6.07) is 38.2. The van der Waals surface area contributed by atoms with E-state index in [1.807, 2.05) is 115 Å². The first-order valence-corrected chi connectivity index (χ1v) is 13.5. The number of hydrogen-bond donors (Lipinski definition) is 2. The SMILES string of the molecule is Oc1ccc(/C=C/Cc2c(O)cc(OCc3ccccc3)cc2OCc2ccccc2)cc1OCc1ccccc1. The minimum absolute atomic E-state index is 0.0819. The Morgan fingerprint density at radius 2 is 1.05 bits per heavy atom. The van der Waals surface area contributed by atoms with Crippen LogP contribution in [-0.4, -0.2) is 10.2 Å².